The molecule has 0 saturated heterocycles. The molecule has 4 heterocycles. The van der Waals surface area contributed by atoms with Crippen LogP contribution in [0.15, 0.2) is 55.0 Å². The summed E-state index contributed by atoms with van der Waals surface area (Å²) in [7, 11) is 0. The number of carbonyl (C=O) groups excluding carboxylic acids is 1. The van der Waals surface area contributed by atoms with Gasteiger partial charge in [0.2, 0.25) is 5.91 Å². The number of imidazole rings is 1. The number of fused-ring (bicyclic) bond motifs is 2. The second kappa shape index (κ2) is 7.77. The predicted molar refractivity (Wildman–Crippen MR) is 117 cm³/mol. The fourth-order valence-electron chi connectivity index (χ4n) is 4.29. The standard InChI is InChI=1S/C24H17F6N5O/c1-12(25)23(27,28)24(29,30)18-16-19(34-21(36)22(16,2)13-6-8-14(26)9-7-13)33-20(32-18)17-15-5-3-4-10-35(15)11-31-17/h3-12H,1-2H3,(H,32,33,34,36). The summed E-state index contributed by atoms with van der Waals surface area (Å²) >= 11 is 0. The topological polar surface area (TPSA) is 72.2 Å². The van der Waals surface area contributed by atoms with Crippen molar-refractivity contribution >= 4 is 17.2 Å². The zero-order chi connectivity index (χ0) is 26.0. The van der Waals surface area contributed by atoms with E-state index in [0.717, 1.165) is 12.1 Å². The minimum absolute atomic E-state index is 0.0169. The molecule has 5 rings (SSSR count). The monoisotopic (exact) mass is 505 g/mol. The van der Waals surface area contributed by atoms with E-state index >= 15 is 8.78 Å². The highest BCUT2D eigenvalue weighted by molar-refractivity contribution is 6.08. The molecule has 2 unspecified atom stereocenters. The van der Waals surface area contributed by atoms with Crippen LogP contribution < -0.4 is 5.32 Å². The van der Waals surface area contributed by atoms with Crippen molar-refractivity contribution in [3.63, 3.8) is 0 Å². The molecule has 0 spiro atoms. The van der Waals surface area contributed by atoms with Gasteiger partial charge in [-0.05, 0) is 43.7 Å². The van der Waals surface area contributed by atoms with Crippen LogP contribution in [0.2, 0.25) is 0 Å². The van der Waals surface area contributed by atoms with Gasteiger partial charge in [0.05, 0.1) is 5.52 Å². The highest BCUT2D eigenvalue weighted by Gasteiger charge is 2.65. The largest absolute Gasteiger partial charge is 0.355 e. The van der Waals surface area contributed by atoms with Crippen LogP contribution in [0, 0.1) is 5.82 Å². The molecule has 1 N–H and O–H groups in total. The third kappa shape index (κ3) is 3.20. The van der Waals surface area contributed by atoms with Crippen molar-refractivity contribution in [2.45, 2.75) is 37.3 Å². The molecule has 0 bridgehead atoms. The van der Waals surface area contributed by atoms with E-state index in [1.165, 1.54) is 29.8 Å². The summed E-state index contributed by atoms with van der Waals surface area (Å²) in [6.07, 6.45) is -0.295. The van der Waals surface area contributed by atoms with E-state index in [1.807, 2.05) is 0 Å². The van der Waals surface area contributed by atoms with E-state index in [-0.39, 0.29) is 11.3 Å². The molecular formula is C24H17F6N5O. The lowest BCUT2D eigenvalue weighted by Crippen LogP contribution is -2.47. The Bertz CT molecular complexity index is 1500. The van der Waals surface area contributed by atoms with Crippen molar-refractivity contribution in [1.29, 1.82) is 0 Å². The molecule has 1 aliphatic heterocycles. The molecular weight excluding hydrogens is 488 g/mol. The normalized spacial score (nSPS) is 18.8. The SMILES string of the molecule is CC(F)C(F)(F)C(F)(F)c1nc(-c2ncn3ccccc23)nc2c1C(C)(c1ccc(F)cc1)C(=O)N2. The number of amides is 1. The Morgan fingerprint density at radius 3 is 2.42 bits per heavy atom. The van der Waals surface area contributed by atoms with Crippen molar-refractivity contribution in [3.8, 4) is 11.5 Å². The molecule has 2 atom stereocenters. The Labute approximate surface area is 200 Å². The lowest BCUT2D eigenvalue weighted by Gasteiger charge is -2.31. The second-order valence-electron chi connectivity index (χ2n) is 8.61. The minimum atomic E-state index is -5.18. The van der Waals surface area contributed by atoms with Crippen molar-refractivity contribution < 1.29 is 31.1 Å². The first-order chi connectivity index (χ1) is 16.9. The van der Waals surface area contributed by atoms with Gasteiger partial charge in [-0.2, -0.15) is 17.6 Å². The number of benzene rings is 1. The molecule has 6 nitrogen and oxygen atoms in total. The van der Waals surface area contributed by atoms with E-state index in [1.54, 1.807) is 24.4 Å². The Morgan fingerprint density at radius 2 is 1.75 bits per heavy atom. The van der Waals surface area contributed by atoms with Gasteiger partial charge >= 0.3 is 11.8 Å². The number of anilines is 1. The number of carbonyl (C=O) groups is 1. The van der Waals surface area contributed by atoms with E-state index in [4.69, 9.17) is 0 Å². The third-order valence-electron chi connectivity index (χ3n) is 6.39. The summed E-state index contributed by atoms with van der Waals surface area (Å²) in [5.41, 5.74) is -3.81. The van der Waals surface area contributed by atoms with Crippen molar-refractivity contribution in [3.05, 3.63) is 77.6 Å². The molecule has 0 radical (unpaired) electrons. The van der Waals surface area contributed by atoms with Crippen LogP contribution in [0.3, 0.4) is 0 Å². The Morgan fingerprint density at radius 1 is 1.06 bits per heavy atom. The zero-order valence-electron chi connectivity index (χ0n) is 18.7. The maximum atomic E-state index is 15.5. The first-order valence-corrected chi connectivity index (χ1v) is 10.7. The number of rotatable bonds is 5. The maximum Gasteiger partial charge on any atom is 0.355 e. The third-order valence-corrected chi connectivity index (χ3v) is 6.39. The van der Waals surface area contributed by atoms with Crippen LogP contribution in [-0.4, -0.2) is 37.4 Å². The molecule has 1 aliphatic rings. The van der Waals surface area contributed by atoms with Gasteiger partial charge in [-0.15, -0.1) is 0 Å². The number of hydrogen-bond donors (Lipinski definition) is 1. The van der Waals surface area contributed by atoms with Crippen molar-refractivity contribution in [1.82, 2.24) is 19.4 Å². The average molecular weight is 505 g/mol. The van der Waals surface area contributed by atoms with Gasteiger partial charge in [-0.25, -0.2) is 23.7 Å². The molecule has 0 aliphatic carbocycles. The fraction of sp³-hybridized carbons (Fsp3) is 0.250. The zero-order valence-corrected chi connectivity index (χ0v) is 18.7. The van der Waals surface area contributed by atoms with Gasteiger partial charge in [0, 0.05) is 11.8 Å². The molecule has 0 fully saturated rings. The number of pyridine rings is 1. The molecule has 3 aromatic heterocycles. The number of aromatic nitrogens is 4. The molecule has 1 aromatic carbocycles. The van der Waals surface area contributed by atoms with Gasteiger partial charge in [-0.3, -0.25) is 4.79 Å². The van der Waals surface area contributed by atoms with Crippen LogP contribution in [0.5, 0.6) is 0 Å². The maximum absolute atomic E-state index is 15.5. The van der Waals surface area contributed by atoms with Crippen LogP contribution >= 0.6 is 0 Å². The first kappa shape index (κ1) is 23.8. The van der Waals surface area contributed by atoms with Crippen LogP contribution in [0.25, 0.3) is 17.0 Å². The molecule has 12 heteroatoms. The molecule has 0 saturated carbocycles. The summed E-state index contributed by atoms with van der Waals surface area (Å²) in [5, 5.41) is 2.35. The Kier molecular flexibility index (Phi) is 5.13. The number of hydrogen-bond acceptors (Lipinski definition) is 4. The molecule has 1 amide bonds. The lowest BCUT2D eigenvalue weighted by atomic mass is 9.75. The number of alkyl halides is 5. The molecule has 36 heavy (non-hydrogen) atoms. The van der Waals surface area contributed by atoms with Crippen LogP contribution in [0.1, 0.15) is 30.7 Å². The quantitative estimate of drug-likeness (QED) is 0.375. The first-order valence-electron chi connectivity index (χ1n) is 10.7. The minimum Gasteiger partial charge on any atom is -0.309 e. The second-order valence-corrected chi connectivity index (χ2v) is 8.61. The fourth-order valence-corrected chi connectivity index (χ4v) is 4.29. The Hall–Kier alpha value is -3.96. The van der Waals surface area contributed by atoms with Gasteiger partial charge in [-0.1, -0.05) is 18.2 Å². The Balaban J connectivity index is 1.84. The van der Waals surface area contributed by atoms with Crippen molar-refractivity contribution in [2.24, 2.45) is 0 Å². The molecule has 4 aromatic rings. The highest BCUT2D eigenvalue weighted by atomic mass is 19.3. The van der Waals surface area contributed by atoms with Crippen molar-refractivity contribution in [2.75, 3.05) is 5.32 Å². The summed E-state index contributed by atoms with van der Waals surface area (Å²) in [6, 6.07) is 9.21. The number of nitrogens with one attached hydrogen (secondary N) is 1. The summed E-state index contributed by atoms with van der Waals surface area (Å²) in [6.45, 7) is 1.51. The molecule has 186 valence electrons. The lowest BCUT2D eigenvalue weighted by molar-refractivity contribution is -0.245. The summed E-state index contributed by atoms with van der Waals surface area (Å²) < 4.78 is 89.2. The van der Waals surface area contributed by atoms with E-state index < -0.39 is 58.1 Å². The highest BCUT2D eigenvalue weighted by Crippen LogP contribution is 2.53. The van der Waals surface area contributed by atoms with Gasteiger partial charge in [0.1, 0.15) is 34.8 Å². The van der Waals surface area contributed by atoms with Gasteiger partial charge < -0.3 is 9.72 Å². The van der Waals surface area contributed by atoms with Crippen LogP contribution in [-0.2, 0) is 16.1 Å². The van der Waals surface area contributed by atoms with Crippen LogP contribution in [0.4, 0.5) is 32.2 Å². The van der Waals surface area contributed by atoms with E-state index in [0.29, 0.717) is 12.4 Å². The summed E-state index contributed by atoms with van der Waals surface area (Å²) in [5.74, 6) is -12.8. The number of nitrogens with zero attached hydrogens (tertiary/aromatic N) is 4. The number of halogens is 6. The van der Waals surface area contributed by atoms with Gasteiger partial charge in [0.25, 0.3) is 0 Å². The van der Waals surface area contributed by atoms with E-state index in [9.17, 15) is 22.4 Å². The predicted octanol–water partition coefficient (Wildman–Crippen LogP) is 5.27. The van der Waals surface area contributed by atoms with Gasteiger partial charge in [0.15, 0.2) is 12.0 Å². The van der Waals surface area contributed by atoms with E-state index in [2.05, 4.69) is 20.3 Å². The average Bonchev–Trinajstić information content (AvgIpc) is 3.38. The smallest absolute Gasteiger partial charge is 0.309 e. The summed E-state index contributed by atoms with van der Waals surface area (Å²) in [4.78, 5) is 25.2.